The lowest BCUT2D eigenvalue weighted by atomic mass is 9.90. The van der Waals surface area contributed by atoms with Crippen LogP contribution in [0.4, 0.5) is 4.39 Å². The maximum absolute atomic E-state index is 13.6. The molecular weight excluding hydrogens is 465 g/mol. The zero-order chi connectivity index (χ0) is 24.6. The third-order valence-electron chi connectivity index (χ3n) is 5.52. The van der Waals surface area contributed by atoms with Crippen molar-refractivity contribution in [2.75, 3.05) is 0 Å². The van der Waals surface area contributed by atoms with Crippen LogP contribution in [0.2, 0.25) is 5.02 Å². The summed E-state index contributed by atoms with van der Waals surface area (Å²) in [6, 6.07) is 30.8. The Bertz CT molecular complexity index is 1240. The van der Waals surface area contributed by atoms with Crippen LogP contribution in [0.1, 0.15) is 22.6 Å². The van der Waals surface area contributed by atoms with Crippen LogP contribution in [0.15, 0.2) is 109 Å². The number of carbonyl (C=O) groups excluding carboxylic acids is 2. The summed E-state index contributed by atoms with van der Waals surface area (Å²) in [5.74, 6) is -2.16. The van der Waals surface area contributed by atoms with E-state index in [1.54, 1.807) is 0 Å². The monoisotopic (exact) mass is 487 g/mol. The number of nitrogens with one attached hydrogen (secondary N) is 1. The number of ether oxygens (including phenoxy) is 1. The second kappa shape index (κ2) is 11.4. The highest BCUT2D eigenvalue weighted by atomic mass is 35.5. The molecule has 0 radical (unpaired) electrons. The third kappa shape index (κ3) is 6.34. The van der Waals surface area contributed by atoms with Crippen molar-refractivity contribution in [2.24, 2.45) is 0 Å². The van der Waals surface area contributed by atoms with E-state index in [2.05, 4.69) is 5.32 Å². The molecule has 4 aromatic rings. The minimum Gasteiger partial charge on any atom is -0.425 e. The summed E-state index contributed by atoms with van der Waals surface area (Å²) in [7, 11) is 0. The van der Waals surface area contributed by atoms with Gasteiger partial charge in [-0.1, -0.05) is 103 Å². The fraction of sp³-hybridized carbons (Fsp3) is 0.103. The SMILES string of the molecule is O=C(N[C@H](Cc1ccccc1)C(=O)Oc1ccc(F)c(Cl)c1)C(c1ccccc1)c1ccccc1. The van der Waals surface area contributed by atoms with E-state index in [9.17, 15) is 14.0 Å². The lowest BCUT2D eigenvalue weighted by Gasteiger charge is -2.23. The van der Waals surface area contributed by atoms with E-state index in [1.165, 1.54) is 12.1 Å². The summed E-state index contributed by atoms with van der Waals surface area (Å²) in [4.78, 5) is 26.8. The molecule has 0 aromatic heterocycles. The molecule has 1 atom stereocenters. The summed E-state index contributed by atoms with van der Waals surface area (Å²) in [5, 5.41) is 2.73. The molecule has 1 amide bonds. The molecule has 0 saturated carbocycles. The standard InChI is InChI=1S/C29H23ClFNO3/c30-24-19-23(16-17-25(24)31)35-29(34)26(18-20-10-4-1-5-11-20)32-28(33)27(21-12-6-2-7-13-21)22-14-8-3-9-15-22/h1-17,19,26-27H,18H2,(H,32,33)/t26-/m1/s1. The van der Waals surface area contributed by atoms with Gasteiger partial charge in [0.25, 0.3) is 0 Å². The number of benzene rings is 4. The Labute approximate surface area is 208 Å². The summed E-state index contributed by atoms with van der Waals surface area (Å²) >= 11 is 5.83. The van der Waals surface area contributed by atoms with E-state index in [4.69, 9.17) is 16.3 Å². The van der Waals surface area contributed by atoms with Gasteiger partial charge in [-0.3, -0.25) is 4.79 Å². The summed E-state index contributed by atoms with van der Waals surface area (Å²) in [5.41, 5.74) is 2.45. The summed E-state index contributed by atoms with van der Waals surface area (Å²) < 4.78 is 19.0. The molecule has 0 aliphatic rings. The Morgan fingerprint density at radius 3 is 1.89 bits per heavy atom. The Balaban J connectivity index is 1.62. The van der Waals surface area contributed by atoms with Gasteiger partial charge in [0.05, 0.1) is 10.9 Å². The Morgan fingerprint density at radius 1 is 0.800 bits per heavy atom. The van der Waals surface area contributed by atoms with Crippen LogP contribution in [0, 0.1) is 5.82 Å². The lowest BCUT2D eigenvalue weighted by molar-refractivity contribution is -0.139. The zero-order valence-corrected chi connectivity index (χ0v) is 19.5. The molecule has 0 aliphatic carbocycles. The topological polar surface area (TPSA) is 55.4 Å². The van der Waals surface area contributed by atoms with Crippen LogP contribution in [-0.2, 0) is 16.0 Å². The van der Waals surface area contributed by atoms with Crippen molar-refractivity contribution in [1.29, 1.82) is 0 Å². The van der Waals surface area contributed by atoms with Gasteiger partial charge < -0.3 is 10.1 Å². The maximum Gasteiger partial charge on any atom is 0.334 e. The van der Waals surface area contributed by atoms with E-state index in [-0.39, 0.29) is 23.1 Å². The van der Waals surface area contributed by atoms with Crippen molar-refractivity contribution in [1.82, 2.24) is 5.32 Å². The molecule has 0 bridgehead atoms. The van der Waals surface area contributed by atoms with E-state index in [0.717, 1.165) is 22.8 Å². The summed E-state index contributed by atoms with van der Waals surface area (Å²) in [6.07, 6.45) is 0.219. The molecule has 4 aromatic carbocycles. The predicted molar refractivity (Wildman–Crippen MR) is 134 cm³/mol. The van der Waals surface area contributed by atoms with Gasteiger partial charge in [-0.25, -0.2) is 9.18 Å². The molecule has 0 fully saturated rings. The Morgan fingerprint density at radius 2 is 1.34 bits per heavy atom. The number of carbonyl (C=O) groups is 2. The lowest BCUT2D eigenvalue weighted by Crippen LogP contribution is -2.46. The minimum atomic E-state index is -0.983. The zero-order valence-electron chi connectivity index (χ0n) is 18.7. The molecule has 4 nitrogen and oxygen atoms in total. The van der Waals surface area contributed by atoms with Gasteiger partial charge in [0.1, 0.15) is 17.6 Å². The molecule has 1 N–H and O–H groups in total. The first-order valence-electron chi connectivity index (χ1n) is 11.1. The van der Waals surface area contributed by atoms with E-state index < -0.39 is 23.7 Å². The molecule has 0 aliphatic heterocycles. The fourth-order valence-corrected chi connectivity index (χ4v) is 3.98. The normalized spacial score (nSPS) is 11.6. The first-order chi connectivity index (χ1) is 17.0. The molecule has 6 heteroatoms. The van der Waals surface area contributed by atoms with Crippen molar-refractivity contribution in [2.45, 2.75) is 18.4 Å². The maximum atomic E-state index is 13.6. The van der Waals surface area contributed by atoms with Crippen LogP contribution in [0.5, 0.6) is 5.75 Å². The number of amides is 1. The van der Waals surface area contributed by atoms with Gasteiger partial charge >= 0.3 is 5.97 Å². The molecule has 0 spiro atoms. The van der Waals surface area contributed by atoms with Gasteiger partial charge in [-0.05, 0) is 28.8 Å². The van der Waals surface area contributed by atoms with Crippen molar-refractivity contribution >= 4 is 23.5 Å². The van der Waals surface area contributed by atoms with Gasteiger partial charge in [0, 0.05) is 12.5 Å². The fourth-order valence-electron chi connectivity index (χ4n) is 3.81. The molecule has 35 heavy (non-hydrogen) atoms. The van der Waals surface area contributed by atoms with Crippen LogP contribution < -0.4 is 10.1 Å². The van der Waals surface area contributed by atoms with Crippen LogP contribution >= 0.6 is 11.6 Å². The van der Waals surface area contributed by atoms with Crippen molar-refractivity contribution in [3.05, 3.63) is 137 Å². The van der Waals surface area contributed by atoms with E-state index in [0.29, 0.717) is 0 Å². The van der Waals surface area contributed by atoms with Gasteiger partial charge in [0.15, 0.2) is 0 Å². The van der Waals surface area contributed by atoms with Gasteiger partial charge in [-0.15, -0.1) is 0 Å². The Hall–Kier alpha value is -3.96. The van der Waals surface area contributed by atoms with Gasteiger partial charge in [0.2, 0.25) is 5.91 Å². The predicted octanol–water partition coefficient (Wildman–Crippen LogP) is 5.94. The molecule has 0 heterocycles. The van der Waals surface area contributed by atoms with Crippen molar-refractivity contribution < 1.29 is 18.7 Å². The smallest absolute Gasteiger partial charge is 0.334 e. The van der Waals surface area contributed by atoms with Crippen LogP contribution in [0.3, 0.4) is 0 Å². The highest BCUT2D eigenvalue weighted by molar-refractivity contribution is 6.30. The molecule has 4 rings (SSSR count). The molecule has 176 valence electrons. The number of esters is 1. The number of hydrogen-bond donors (Lipinski definition) is 1. The third-order valence-corrected chi connectivity index (χ3v) is 5.81. The van der Waals surface area contributed by atoms with Crippen molar-refractivity contribution in [3.63, 3.8) is 0 Å². The van der Waals surface area contributed by atoms with Gasteiger partial charge in [-0.2, -0.15) is 0 Å². The molecular formula is C29H23ClFNO3. The highest BCUT2D eigenvalue weighted by Gasteiger charge is 2.29. The molecule has 0 saturated heterocycles. The second-order valence-corrected chi connectivity index (χ2v) is 8.41. The van der Waals surface area contributed by atoms with Crippen LogP contribution in [-0.4, -0.2) is 17.9 Å². The highest BCUT2D eigenvalue weighted by Crippen LogP contribution is 2.26. The number of halogens is 2. The first-order valence-corrected chi connectivity index (χ1v) is 11.5. The minimum absolute atomic E-state index is 0.0939. The summed E-state index contributed by atoms with van der Waals surface area (Å²) in [6.45, 7) is 0. The largest absolute Gasteiger partial charge is 0.425 e. The van der Waals surface area contributed by atoms with Crippen LogP contribution in [0.25, 0.3) is 0 Å². The quantitative estimate of drug-likeness (QED) is 0.247. The van der Waals surface area contributed by atoms with E-state index in [1.807, 2.05) is 91.0 Å². The second-order valence-electron chi connectivity index (χ2n) is 8.00. The average Bonchev–Trinajstić information content (AvgIpc) is 2.88. The number of rotatable bonds is 8. The van der Waals surface area contributed by atoms with E-state index >= 15 is 0 Å². The first kappa shape index (κ1) is 24.2. The Kier molecular flexibility index (Phi) is 7.91. The number of hydrogen-bond acceptors (Lipinski definition) is 3. The van der Waals surface area contributed by atoms with Crippen molar-refractivity contribution in [3.8, 4) is 5.75 Å². The average molecular weight is 488 g/mol. The molecule has 0 unspecified atom stereocenters.